The molecule has 1 aliphatic rings. The van der Waals surface area contributed by atoms with Crippen LogP contribution in [0.1, 0.15) is 38.9 Å². The van der Waals surface area contributed by atoms with E-state index in [0.29, 0.717) is 51.8 Å². The van der Waals surface area contributed by atoms with Gasteiger partial charge in [-0.15, -0.1) is 0 Å². The molecule has 0 aliphatic carbocycles. The number of amides is 1. The molecule has 0 saturated heterocycles. The molecule has 37 heavy (non-hydrogen) atoms. The van der Waals surface area contributed by atoms with Crippen molar-refractivity contribution in [3.63, 3.8) is 0 Å². The molecular formula is C29H26ClNO6. The molecule has 0 bridgehead atoms. The van der Waals surface area contributed by atoms with E-state index in [9.17, 15) is 9.59 Å². The molecule has 2 heterocycles. The highest BCUT2D eigenvalue weighted by Gasteiger charge is 2.42. The van der Waals surface area contributed by atoms with E-state index >= 15 is 0 Å². The van der Waals surface area contributed by atoms with Gasteiger partial charge in [-0.3, -0.25) is 9.59 Å². The minimum atomic E-state index is -0.640. The van der Waals surface area contributed by atoms with Crippen LogP contribution >= 0.6 is 11.6 Å². The molecular weight excluding hydrogens is 494 g/mol. The van der Waals surface area contributed by atoms with Gasteiger partial charge in [-0.05, 0) is 66.4 Å². The summed E-state index contributed by atoms with van der Waals surface area (Å²) in [6.45, 7) is 2.17. The van der Waals surface area contributed by atoms with E-state index in [2.05, 4.69) is 0 Å². The van der Waals surface area contributed by atoms with Crippen LogP contribution < -0.4 is 19.6 Å². The minimum Gasteiger partial charge on any atom is -0.497 e. The van der Waals surface area contributed by atoms with Crippen molar-refractivity contribution >= 4 is 28.5 Å². The third kappa shape index (κ3) is 4.29. The van der Waals surface area contributed by atoms with Crippen molar-refractivity contribution in [2.24, 2.45) is 0 Å². The highest BCUT2D eigenvalue weighted by molar-refractivity contribution is 6.32. The van der Waals surface area contributed by atoms with Crippen molar-refractivity contribution < 1.29 is 23.4 Å². The summed E-state index contributed by atoms with van der Waals surface area (Å²) in [6, 6.07) is 15.7. The van der Waals surface area contributed by atoms with Gasteiger partial charge in [0.2, 0.25) is 5.76 Å². The van der Waals surface area contributed by atoms with Crippen molar-refractivity contribution in [2.45, 2.75) is 19.4 Å². The number of halogens is 1. The molecule has 190 valence electrons. The molecule has 0 unspecified atom stereocenters. The fourth-order valence-corrected chi connectivity index (χ4v) is 4.98. The molecule has 0 spiro atoms. The monoisotopic (exact) mass is 519 g/mol. The van der Waals surface area contributed by atoms with Crippen LogP contribution in [0, 0.1) is 6.92 Å². The Kier molecular flexibility index (Phi) is 6.56. The molecule has 1 aromatic heterocycles. The van der Waals surface area contributed by atoms with E-state index in [1.807, 2.05) is 49.4 Å². The highest BCUT2D eigenvalue weighted by Crippen LogP contribution is 2.40. The van der Waals surface area contributed by atoms with Gasteiger partial charge in [-0.25, -0.2) is 0 Å². The van der Waals surface area contributed by atoms with E-state index in [-0.39, 0.29) is 17.1 Å². The van der Waals surface area contributed by atoms with Crippen LogP contribution in [0.5, 0.6) is 17.2 Å². The van der Waals surface area contributed by atoms with Crippen molar-refractivity contribution in [3.05, 3.63) is 97.9 Å². The number of carbonyl (C=O) groups is 1. The van der Waals surface area contributed by atoms with Gasteiger partial charge >= 0.3 is 0 Å². The Hall–Kier alpha value is -3.97. The zero-order chi connectivity index (χ0) is 26.3. The van der Waals surface area contributed by atoms with Crippen LogP contribution in [-0.2, 0) is 6.42 Å². The molecule has 7 nitrogen and oxygen atoms in total. The third-order valence-electron chi connectivity index (χ3n) is 6.75. The normalized spacial score (nSPS) is 14.7. The summed E-state index contributed by atoms with van der Waals surface area (Å²) in [5.74, 6) is 1.58. The fourth-order valence-electron chi connectivity index (χ4n) is 4.82. The second kappa shape index (κ2) is 9.82. The number of benzene rings is 3. The molecule has 5 rings (SSSR count). The van der Waals surface area contributed by atoms with Crippen molar-refractivity contribution in [3.8, 4) is 17.2 Å². The first-order valence-corrected chi connectivity index (χ1v) is 12.2. The molecule has 0 fully saturated rings. The average molecular weight is 520 g/mol. The Morgan fingerprint density at radius 2 is 1.73 bits per heavy atom. The van der Waals surface area contributed by atoms with Gasteiger partial charge < -0.3 is 23.5 Å². The maximum Gasteiger partial charge on any atom is 0.290 e. The topological polar surface area (TPSA) is 78.2 Å². The Morgan fingerprint density at radius 3 is 2.46 bits per heavy atom. The maximum atomic E-state index is 13.8. The number of nitrogens with zero attached hydrogens (tertiary/aromatic N) is 1. The molecule has 0 radical (unpaired) electrons. The quantitative estimate of drug-likeness (QED) is 0.318. The molecule has 4 aromatic rings. The average Bonchev–Trinajstić information content (AvgIpc) is 3.20. The summed E-state index contributed by atoms with van der Waals surface area (Å²) >= 11 is 6.33. The van der Waals surface area contributed by atoms with Crippen molar-refractivity contribution in [2.75, 3.05) is 27.9 Å². The number of carbonyl (C=O) groups excluding carboxylic acids is 1. The molecule has 3 aromatic carbocycles. The minimum absolute atomic E-state index is 0.0550. The predicted molar refractivity (Wildman–Crippen MR) is 141 cm³/mol. The lowest BCUT2D eigenvalue weighted by Gasteiger charge is -2.25. The van der Waals surface area contributed by atoms with Gasteiger partial charge in [0, 0.05) is 11.6 Å². The van der Waals surface area contributed by atoms with Crippen LogP contribution in [0.25, 0.3) is 11.0 Å². The summed E-state index contributed by atoms with van der Waals surface area (Å²) in [5, 5.41) is 0.809. The SMILES string of the molecule is COc1cccc([C@H]2c3c(oc4cc(C)c(Cl)cc4c3=O)C(=O)N2CCc2ccc(OC)c(OC)c2)c1. The van der Waals surface area contributed by atoms with Crippen LogP contribution in [0.3, 0.4) is 0 Å². The summed E-state index contributed by atoms with van der Waals surface area (Å²) < 4.78 is 22.3. The molecule has 1 amide bonds. The zero-order valence-corrected chi connectivity index (χ0v) is 21.7. The van der Waals surface area contributed by atoms with E-state index in [1.54, 1.807) is 38.4 Å². The molecule has 1 aliphatic heterocycles. The first-order valence-electron chi connectivity index (χ1n) is 11.8. The Morgan fingerprint density at radius 1 is 0.946 bits per heavy atom. The maximum absolute atomic E-state index is 13.8. The number of ether oxygens (including phenoxy) is 3. The molecule has 8 heteroatoms. The largest absolute Gasteiger partial charge is 0.497 e. The summed E-state index contributed by atoms with van der Waals surface area (Å²) in [7, 11) is 4.74. The van der Waals surface area contributed by atoms with Crippen LogP contribution in [0.2, 0.25) is 5.02 Å². The zero-order valence-electron chi connectivity index (χ0n) is 21.0. The Labute approximate surface area is 219 Å². The lowest BCUT2D eigenvalue weighted by molar-refractivity contribution is 0.0730. The lowest BCUT2D eigenvalue weighted by Crippen LogP contribution is -2.31. The Balaban J connectivity index is 1.61. The van der Waals surface area contributed by atoms with Gasteiger partial charge in [-0.1, -0.05) is 29.8 Å². The number of hydrogen-bond donors (Lipinski definition) is 0. The predicted octanol–water partition coefficient (Wildman–Crippen LogP) is 5.57. The van der Waals surface area contributed by atoms with E-state index in [1.165, 1.54) is 0 Å². The third-order valence-corrected chi connectivity index (χ3v) is 7.15. The number of fused-ring (bicyclic) bond motifs is 2. The van der Waals surface area contributed by atoms with E-state index in [0.717, 1.165) is 16.7 Å². The van der Waals surface area contributed by atoms with E-state index < -0.39 is 6.04 Å². The first kappa shape index (κ1) is 24.7. The van der Waals surface area contributed by atoms with Crippen molar-refractivity contribution in [1.29, 1.82) is 0 Å². The van der Waals surface area contributed by atoms with Gasteiger partial charge in [0.15, 0.2) is 16.9 Å². The first-order chi connectivity index (χ1) is 17.9. The standard InChI is InChI=1S/C29H26ClNO6/c1-16-12-23-20(15-21(16)30)27(32)25-26(18-6-5-7-19(14-18)34-2)31(29(33)28(25)37-23)11-10-17-8-9-22(35-3)24(13-17)36-4/h5-9,12-15,26H,10-11H2,1-4H3/t26-/m0/s1. The fraction of sp³-hybridized carbons (Fsp3) is 0.241. The number of methoxy groups -OCH3 is 3. The smallest absolute Gasteiger partial charge is 0.290 e. The summed E-state index contributed by atoms with van der Waals surface area (Å²) in [6.07, 6.45) is 0.527. The van der Waals surface area contributed by atoms with Gasteiger partial charge in [0.1, 0.15) is 11.3 Å². The highest BCUT2D eigenvalue weighted by atomic mass is 35.5. The van der Waals surface area contributed by atoms with Gasteiger partial charge in [-0.2, -0.15) is 0 Å². The molecule has 0 saturated carbocycles. The summed E-state index contributed by atoms with van der Waals surface area (Å²) in [5.41, 5.74) is 2.84. The van der Waals surface area contributed by atoms with Gasteiger partial charge in [0.25, 0.3) is 5.91 Å². The molecule has 1 atom stereocenters. The van der Waals surface area contributed by atoms with E-state index in [4.69, 9.17) is 30.2 Å². The lowest BCUT2D eigenvalue weighted by atomic mass is 9.97. The number of aryl methyl sites for hydroxylation is 1. The van der Waals surface area contributed by atoms with Crippen LogP contribution in [0.15, 0.2) is 63.8 Å². The summed E-state index contributed by atoms with van der Waals surface area (Å²) in [4.78, 5) is 29.2. The van der Waals surface area contributed by atoms with Crippen LogP contribution in [0.4, 0.5) is 0 Å². The Bertz CT molecular complexity index is 1580. The van der Waals surface area contributed by atoms with Gasteiger partial charge in [0.05, 0.1) is 38.3 Å². The second-order valence-corrected chi connectivity index (χ2v) is 9.30. The molecule has 0 N–H and O–H groups in total. The number of rotatable bonds is 7. The number of hydrogen-bond acceptors (Lipinski definition) is 6. The van der Waals surface area contributed by atoms with Crippen LogP contribution in [-0.4, -0.2) is 38.7 Å². The van der Waals surface area contributed by atoms with Crippen molar-refractivity contribution in [1.82, 2.24) is 4.90 Å². The second-order valence-electron chi connectivity index (χ2n) is 8.89.